The van der Waals surface area contributed by atoms with Gasteiger partial charge >= 0.3 is 0 Å². The van der Waals surface area contributed by atoms with Gasteiger partial charge in [-0.2, -0.15) is 0 Å². The molecule has 1 aromatic carbocycles. The topological polar surface area (TPSA) is 15.3 Å². The predicted molar refractivity (Wildman–Crippen MR) is 87.7 cm³/mol. The molecule has 2 aliphatic rings. The molecule has 1 aliphatic heterocycles. The molecule has 0 aromatic heterocycles. The van der Waals surface area contributed by atoms with Gasteiger partial charge in [-0.25, -0.2) is 4.39 Å². The SMILES string of the molecule is CC1(C2CC2)CN(Cc2cc(F)cc(Br)c2)C(C)(C)CN1. The van der Waals surface area contributed by atoms with Gasteiger partial charge in [0.2, 0.25) is 0 Å². The molecule has 1 saturated heterocycles. The Bertz CT molecular complexity index is 521. The Morgan fingerprint density at radius 3 is 2.62 bits per heavy atom. The van der Waals surface area contributed by atoms with Crippen molar-refractivity contribution in [3.63, 3.8) is 0 Å². The average Bonchev–Trinajstić information content (AvgIpc) is 3.18. The van der Waals surface area contributed by atoms with Gasteiger partial charge < -0.3 is 5.32 Å². The van der Waals surface area contributed by atoms with E-state index < -0.39 is 0 Å². The van der Waals surface area contributed by atoms with Gasteiger partial charge in [0.1, 0.15) is 5.82 Å². The molecule has 3 rings (SSSR count). The molecule has 21 heavy (non-hydrogen) atoms. The van der Waals surface area contributed by atoms with Crippen molar-refractivity contribution in [3.8, 4) is 0 Å². The molecule has 2 nitrogen and oxygen atoms in total. The number of halogens is 2. The van der Waals surface area contributed by atoms with Crippen LogP contribution >= 0.6 is 15.9 Å². The van der Waals surface area contributed by atoms with Gasteiger partial charge in [-0.3, -0.25) is 4.90 Å². The minimum absolute atomic E-state index is 0.0905. The lowest BCUT2D eigenvalue weighted by Crippen LogP contribution is -2.67. The van der Waals surface area contributed by atoms with E-state index in [1.54, 1.807) is 6.07 Å². The van der Waals surface area contributed by atoms with Crippen molar-refractivity contribution in [1.82, 2.24) is 10.2 Å². The highest BCUT2D eigenvalue weighted by molar-refractivity contribution is 9.10. The van der Waals surface area contributed by atoms with Crippen molar-refractivity contribution in [3.05, 3.63) is 34.1 Å². The van der Waals surface area contributed by atoms with Crippen LogP contribution in [0.2, 0.25) is 0 Å². The largest absolute Gasteiger partial charge is 0.308 e. The van der Waals surface area contributed by atoms with Gasteiger partial charge in [0.15, 0.2) is 0 Å². The van der Waals surface area contributed by atoms with Crippen molar-refractivity contribution in [2.24, 2.45) is 5.92 Å². The van der Waals surface area contributed by atoms with Gasteiger partial charge in [-0.15, -0.1) is 0 Å². The van der Waals surface area contributed by atoms with Crippen LogP contribution in [0.25, 0.3) is 0 Å². The Labute approximate surface area is 135 Å². The lowest BCUT2D eigenvalue weighted by Gasteiger charge is -2.51. The van der Waals surface area contributed by atoms with Crippen LogP contribution in [0.3, 0.4) is 0 Å². The molecule has 1 aliphatic carbocycles. The molecule has 0 spiro atoms. The number of hydrogen-bond acceptors (Lipinski definition) is 2. The maximum atomic E-state index is 13.6. The quantitative estimate of drug-likeness (QED) is 0.884. The van der Waals surface area contributed by atoms with Gasteiger partial charge in [-0.1, -0.05) is 15.9 Å². The predicted octanol–water partition coefficient (Wildman–Crippen LogP) is 3.94. The van der Waals surface area contributed by atoms with Gasteiger partial charge in [0.05, 0.1) is 0 Å². The summed E-state index contributed by atoms with van der Waals surface area (Å²) in [6.45, 7) is 9.68. The van der Waals surface area contributed by atoms with Crippen molar-refractivity contribution in [2.45, 2.75) is 51.2 Å². The fraction of sp³-hybridized carbons (Fsp3) is 0.647. The Morgan fingerprint density at radius 2 is 2.00 bits per heavy atom. The lowest BCUT2D eigenvalue weighted by molar-refractivity contribution is 0.0177. The second kappa shape index (κ2) is 5.32. The normalized spacial score (nSPS) is 29.6. The van der Waals surface area contributed by atoms with Crippen molar-refractivity contribution in [1.29, 1.82) is 0 Å². The zero-order valence-electron chi connectivity index (χ0n) is 13.0. The van der Waals surface area contributed by atoms with E-state index in [2.05, 4.69) is 46.9 Å². The molecule has 1 aromatic rings. The molecule has 116 valence electrons. The summed E-state index contributed by atoms with van der Waals surface area (Å²) < 4.78 is 14.4. The minimum atomic E-state index is -0.169. The number of piperazine rings is 1. The van der Waals surface area contributed by atoms with E-state index in [0.29, 0.717) is 0 Å². The van der Waals surface area contributed by atoms with Crippen molar-refractivity contribution >= 4 is 15.9 Å². The summed E-state index contributed by atoms with van der Waals surface area (Å²) >= 11 is 3.39. The maximum absolute atomic E-state index is 13.6. The number of rotatable bonds is 3. The number of nitrogens with zero attached hydrogens (tertiary/aromatic N) is 1. The van der Waals surface area contributed by atoms with Crippen molar-refractivity contribution < 1.29 is 4.39 Å². The monoisotopic (exact) mass is 354 g/mol. The van der Waals surface area contributed by atoms with E-state index in [-0.39, 0.29) is 16.9 Å². The van der Waals surface area contributed by atoms with Crippen molar-refractivity contribution in [2.75, 3.05) is 13.1 Å². The molecular formula is C17H24BrFN2. The highest BCUT2D eigenvalue weighted by atomic mass is 79.9. The first-order valence-corrected chi connectivity index (χ1v) is 8.53. The Morgan fingerprint density at radius 1 is 1.29 bits per heavy atom. The van der Waals surface area contributed by atoms with Gasteiger partial charge in [0.25, 0.3) is 0 Å². The van der Waals surface area contributed by atoms with Gasteiger partial charge in [0, 0.05) is 35.2 Å². The van der Waals surface area contributed by atoms with E-state index >= 15 is 0 Å². The summed E-state index contributed by atoms with van der Waals surface area (Å²) in [6, 6.07) is 5.19. The Kier molecular flexibility index (Phi) is 3.92. The molecule has 1 atom stereocenters. The average molecular weight is 355 g/mol. The molecule has 1 saturated carbocycles. The first-order chi connectivity index (χ1) is 9.78. The van der Waals surface area contributed by atoms with E-state index in [1.165, 1.54) is 18.9 Å². The molecular weight excluding hydrogens is 331 g/mol. The second-order valence-electron chi connectivity index (χ2n) is 7.49. The number of benzene rings is 1. The molecule has 2 fully saturated rings. The summed E-state index contributed by atoms with van der Waals surface area (Å²) in [6.07, 6.45) is 2.67. The van der Waals surface area contributed by atoms with Crippen LogP contribution in [0.5, 0.6) is 0 Å². The number of hydrogen-bond donors (Lipinski definition) is 1. The molecule has 0 radical (unpaired) electrons. The van der Waals surface area contributed by atoms with Crippen LogP contribution < -0.4 is 5.32 Å². The van der Waals surface area contributed by atoms with E-state index in [1.807, 2.05) is 6.07 Å². The summed E-state index contributed by atoms with van der Waals surface area (Å²) in [7, 11) is 0. The minimum Gasteiger partial charge on any atom is -0.308 e. The first kappa shape index (κ1) is 15.4. The van der Waals surface area contributed by atoms with Crippen LogP contribution in [0.15, 0.2) is 22.7 Å². The van der Waals surface area contributed by atoms with E-state index in [9.17, 15) is 4.39 Å². The highest BCUT2D eigenvalue weighted by Crippen LogP contribution is 2.42. The molecule has 0 amide bonds. The molecule has 1 N–H and O–H groups in total. The third kappa shape index (κ3) is 3.33. The summed E-state index contributed by atoms with van der Waals surface area (Å²) in [5.41, 5.74) is 1.34. The third-order valence-corrected chi connectivity index (χ3v) is 5.53. The second-order valence-corrected chi connectivity index (χ2v) is 8.41. The van der Waals surface area contributed by atoms with Crippen LogP contribution in [0, 0.1) is 11.7 Å². The molecule has 1 heterocycles. The standard InChI is InChI=1S/C17H24BrFN2/c1-16(2)10-20-17(3,13-4-5-13)11-21(16)9-12-6-14(18)8-15(19)7-12/h6-8,13,20H,4-5,9-11H2,1-3H3. The zero-order chi connectivity index (χ0) is 15.3. The van der Waals surface area contributed by atoms with Crippen LogP contribution in [0.4, 0.5) is 4.39 Å². The van der Waals surface area contributed by atoms with E-state index in [0.717, 1.165) is 35.6 Å². The highest BCUT2D eigenvalue weighted by Gasteiger charge is 2.47. The third-order valence-electron chi connectivity index (χ3n) is 5.07. The zero-order valence-corrected chi connectivity index (χ0v) is 14.6. The van der Waals surface area contributed by atoms with Gasteiger partial charge in [-0.05, 0) is 63.3 Å². The number of nitrogens with one attached hydrogen (secondary N) is 1. The lowest BCUT2D eigenvalue weighted by atomic mass is 9.86. The summed E-state index contributed by atoms with van der Waals surface area (Å²) in [5.74, 6) is 0.632. The van der Waals surface area contributed by atoms with E-state index in [4.69, 9.17) is 0 Å². The fourth-order valence-electron chi connectivity index (χ4n) is 3.38. The first-order valence-electron chi connectivity index (χ1n) is 7.74. The Balaban J connectivity index is 1.80. The van der Waals surface area contributed by atoms with Crippen LogP contribution in [-0.4, -0.2) is 29.1 Å². The Hall–Kier alpha value is -0.450. The fourth-order valence-corrected chi connectivity index (χ4v) is 3.90. The summed E-state index contributed by atoms with van der Waals surface area (Å²) in [5, 5.41) is 3.76. The summed E-state index contributed by atoms with van der Waals surface area (Å²) in [4.78, 5) is 2.50. The molecule has 1 unspecified atom stereocenters. The molecule has 0 bridgehead atoms. The smallest absolute Gasteiger partial charge is 0.124 e. The van der Waals surface area contributed by atoms with Crippen LogP contribution in [-0.2, 0) is 6.54 Å². The maximum Gasteiger partial charge on any atom is 0.124 e. The molecule has 4 heteroatoms. The van der Waals surface area contributed by atoms with Crippen LogP contribution in [0.1, 0.15) is 39.2 Å².